The highest BCUT2D eigenvalue weighted by molar-refractivity contribution is 8.16. The molecule has 10 heteroatoms. The summed E-state index contributed by atoms with van der Waals surface area (Å²) in [5.41, 5.74) is 3.96. The first kappa shape index (κ1) is 28.0. The van der Waals surface area contributed by atoms with Crippen molar-refractivity contribution in [3.8, 4) is 11.5 Å². The zero-order valence-electron chi connectivity index (χ0n) is 23.0. The van der Waals surface area contributed by atoms with Gasteiger partial charge in [0.05, 0.1) is 44.6 Å². The second-order valence-electron chi connectivity index (χ2n) is 9.17. The summed E-state index contributed by atoms with van der Waals surface area (Å²) in [7, 11) is 3.16. The molecule has 3 heterocycles. The SMILES string of the molecule is CCOC(=O)C1=C(c2ccccc2)N=C2SC=C(CC(=O)NCc3cccnc3)N2C1c1ccc(OC)cc1OC. The molecule has 0 aliphatic carbocycles. The van der Waals surface area contributed by atoms with E-state index in [0.29, 0.717) is 45.7 Å². The molecule has 0 saturated heterocycles. The quantitative estimate of drug-likeness (QED) is 0.337. The number of aromatic nitrogens is 1. The van der Waals surface area contributed by atoms with Crippen LogP contribution < -0.4 is 14.8 Å². The molecule has 2 aromatic carbocycles. The zero-order chi connectivity index (χ0) is 28.8. The monoisotopic (exact) mass is 570 g/mol. The Morgan fingerprint density at radius 2 is 1.88 bits per heavy atom. The molecule has 0 fully saturated rings. The molecule has 210 valence electrons. The molecule has 1 unspecified atom stereocenters. The Hall–Kier alpha value is -4.57. The number of aliphatic imine (C=N–C) groups is 1. The summed E-state index contributed by atoms with van der Waals surface area (Å²) in [5.74, 6) is 0.482. The number of thioether (sulfide) groups is 1. The predicted octanol–water partition coefficient (Wildman–Crippen LogP) is 5.08. The molecular weight excluding hydrogens is 540 g/mol. The average Bonchev–Trinajstić information content (AvgIpc) is 3.41. The Morgan fingerprint density at radius 3 is 2.59 bits per heavy atom. The van der Waals surface area contributed by atoms with E-state index in [0.717, 1.165) is 11.1 Å². The first-order valence-electron chi connectivity index (χ1n) is 13.1. The molecule has 0 saturated carbocycles. The number of hydrogen-bond donors (Lipinski definition) is 1. The summed E-state index contributed by atoms with van der Waals surface area (Å²) in [6.45, 7) is 2.32. The van der Waals surface area contributed by atoms with Crippen LogP contribution >= 0.6 is 11.8 Å². The van der Waals surface area contributed by atoms with Crippen molar-refractivity contribution in [3.05, 3.63) is 106 Å². The number of fused-ring (bicyclic) bond motifs is 1. The molecule has 3 aromatic rings. The van der Waals surface area contributed by atoms with Crippen molar-refractivity contribution in [2.75, 3.05) is 20.8 Å². The number of amidine groups is 1. The molecule has 9 nitrogen and oxygen atoms in total. The highest BCUT2D eigenvalue weighted by Gasteiger charge is 2.43. The number of amides is 1. The molecule has 2 aliphatic rings. The number of hydrogen-bond acceptors (Lipinski definition) is 9. The van der Waals surface area contributed by atoms with Gasteiger partial charge in [-0.3, -0.25) is 9.78 Å². The number of carbonyl (C=O) groups is 2. The summed E-state index contributed by atoms with van der Waals surface area (Å²) in [6, 6.07) is 18.1. The van der Waals surface area contributed by atoms with Gasteiger partial charge in [0.1, 0.15) is 11.5 Å². The predicted molar refractivity (Wildman–Crippen MR) is 158 cm³/mol. The van der Waals surface area contributed by atoms with Gasteiger partial charge >= 0.3 is 5.97 Å². The maximum absolute atomic E-state index is 13.7. The van der Waals surface area contributed by atoms with E-state index in [1.165, 1.54) is 11.8 Å². The number of ether oxygens (including phenoxy) is 3. The molecule has 1 aromatic heterocycles. The van der Waals surface area contributed by atoms with E-state index in [4.69, 9.17) is 19.2 Å². The number of methoxy groups -OCH3 is 2. The van der Waals surface area contributed by atoms with Gasteiger partial charge in [0.2, 0.25) is 5.91 Å². The molecule has 1 amide bonds. The van der Waals surface area contributed by atoms with Crippen molar-refractivity contribution in [2.24, 2.45) is 4.99 Å². The molecule has 1 N–H and O–H groups in total. The van der Waals surface area contributed by atoms with Crippen molar-refractivity contribution in [1.29, 1.82) is 0 Å². The van der Waals surface area contributed by atoms with Gasteiger partial charge in [-0.25, -0.2) is 9.79 Å². The Kier molecular flexibility index (Phi) is 8.69. The topological polar surface area (TPSA) is 102 Å². The molecular formula is C31H30N4O5S. The fraction of sp³-hybridized carbons (Fsp3) is 0.226. The van der Waals surface area contributed by atoms with Crippen LogP contribution in [0.2, 0.25) is 0 Å². The van der Waals surface area contributed by atoms with E-state index >= 15 is 0 Å². The fourth-order valence-corrected chi connectivity index (χ4v) is 5.68. The van der Waals surface area contributed by atoms with Gasteiger partial charge in [-0.1, -0.05) is 48.2 Å². The van der Waals surface area contributed by atoms with Crippen LogP contribution in [0.4, 0.5) is 0 Å². The lowest BCUT2D eigenvalue weighted by atomic mass is 9.90. The standard InChI is InChI=1S/C31H30N4O5S/c1-4-40-30(37)27-28(21-10-6-5-7-11-21)34-31-35(29(27)24-13-12-23(38-2)16-25(24)39-3)22(19-41-31)15-26(36)33-18-20-9-8-14-32-17-20/h5-14,16-17,19,29H,4,15,18H2,1-3H3,(H,33,36). The number of rotatable bonds is 10. The largest absolute Gasteiger partial charge is 0.497 e. The van der Waals surface area contributed by atoms with E-state index in [9.17, 15) is 9.59 Å². The minimum atomic E-state index is -0.676. The van der Waals surface area contributed by atoms with Crippen LogP contribution in [0.5, 0.6) is 11.5 Å². The maximum Gasteiger partial charge on any atom is 0.338 e. The Labute approximate surface area is 242 Å². The van der Waals surface area contributed by atoms with E-state index < -0.39 is 12.0 Å². The van der Waals surface area contributed by atoms with Crippen LogP contribution in [0.3, 0.4) is 0 Å². The van der Waals surface area contributed by atoms with Gasteiger partial charge in [-0.05, 0) is 36.1 Å². The Balaban J connectivity index is 1.58. The van der Waals surface area contributed by atoms with Gasteiger partial charge in [0, 0.05) is 41.8 Å². The van der Waals surface area contributed by atoms with Crippen LogP contribution in [-0.2, 0) is 20.9 Å². The first-order chi connectivity index (χ1) is 20.0. The lowest BCUT2D eigenvalue weighted by Crippen LogP contribution is -2.38. The Morgan fingerprint density at radius 1 is 1.05 bits per heavy atom. The first-order valence-corrected chi connectivity index (χ1v) is 14.0. The zero-order valence-corrected chi connectivity index (χ0v) is 23.8. The van der Waals surface area contributed by atoms with E-state index in [2.05, 4.69) is 10.3 Å². The molecule has 2 aliphatic heterocycles. The summed E-state index contributed by atoms with van der Waals surface area (Å²) in [4.78, 5) is 37.8. The summed E-state index contributed by atoms with van der Waals surface area (Å²) in [5, 5.41) is 5.52. The molecule has 5 rings (SSSR count). The molecule has 0 spiro atoms. The van der Waals surface area contributed by atoms with Gasteiger partial charge in [-0.15, -0.1) is 0 Å². The third kappa shape index (κ3) is 5.97. The summed E-state index contributed by atoms with van der Waals surface area (Å²) in [6.07, 6.45) is 3.49. The number of esters is 1. The van der Waals surface area contributed by atoms with Gasteiger partial charge in [0.25, 0.3) is 0 Å². The fourth-order valence-electron chi connectivity index (χ4n) is 4.76. The molecule has 41 heavy (non-hydrogen) atoms. The molecule has 0 radical (unpaired) electrons. The lowest BCUT2D eigenvalue weighted by molar-refractivity contribution is -0.139. The minimum Gasteiger partial charge on any atom is -0.497 e. The summed E-state index contributed by atoms with van der Waals surface area (Å²) < 4.78 is 16.8. The van der Waals surface area contributed by atoms with Crippen LogP contribution in [0.1, 0.15) is 36.1 Å². The van der Waals surface area contributed by atoms with Crippen LogP contribution in [0.15, 0.2) is 94.7 Å². The Bertz CT molecular complexity index is 1520. The number of carbonyl (C=O) groups excluding carboxylic acids is 2. The lowest BCUT2D eigenvalue weighted by Gasteiger charge is -2.37. The van der Waals surface area contributed by atoms with Crippen molar-refractivity contribution in [1.82, 2.24) is 15.2 Å². The van der Waals surface area contributed by atoms with E-state index in [1.807, 2.05) is 64.9 Å². The third-order valence-electron chi connectivity index (χ3n) is 6.64. The highest BCUT2D eigenvalue weighted by atomic mass is 32.2. The van der Waals surface area contributed by atoms with Crippen LogP contribution in [0.25, 0.3) is 5.70 Å². The van der Waals surface area contributed by atoms with E-state index in [1.54, 1.807) is 39.6 Å². The van der Waals surface area contributed by atoms with Gasteiger partial charge in [0.15, 0.2) is 5.17 Å². The number of nitrogens with zero attached hydrogens (tertiary/aromatic N) is 3. The molecule has 0 bridgehead atoms. The normalized spacial score (nSPS) is 16.0. The van der Waals surface area contributed by atoms with E-state index in [-0.39, 0.29) is 18.9 Å². The second-order valence-corrected chi connectivity index (χ2v) is 10.0. The second kappa shape index (κ2) is 12.7. The minimum absolute atomic E-state index is 0.0814. The maximum atomic E-state index is 13.7. The van der Waals surface area contributed by atoms with Crippen LogP contribution in [-0.4, -0.2) is 47.8 Å². The van der Waals surface area contributed by atoms with Gasteiger partial charge in [-0.2, -0.15) is 0 Å². The van der Waals surface area contributed by atoms with Gasteiger partial charge < -0.3 is 24.4 Å². The summed E-state index contributed by atoms with van der Waals surface area (Å²) >= 11 is 1.41. The van der Waals surface area contributed by atoms with Crippen molar-refractivity contribution < 1.29 is 23.8 Å². The number of nitrogens with one attached hydrogen (secondary N) is 1. The third-order valence-corrected chi connectivity index (χ3v) is 7.53. The smallest absolute Gasteiger partial charge is 0.338 e. The van der Waals surface area contributed by atoms with Crippen LogP contribution in [0, 0.1) is 0 Å². The van der Waals surface area contributed by atoms with Crippen molar-refractivity contribution in [3.63, 3.8) is 0 Å². The highest BCUT2D eigenvalue weighted by Crippen LogP contribution is 2.49. The van der Waals surface area contributed by atoms with Crippen molar-refractivity contribution in [2.45, 2.75) is 25.9 Å². The number of pyridine rings is 1. The average molecular weight is 571 g/mol. The number of benzene rings is 2. The molecule has 1 atom stereocenters. The van der Waals surface area contributed by atoms with Crippen molar-refractivity contribution >= 4 is 34.5 Å².